The number of anilines is 1. The van der Waals surface area contributed by atoms with Crippen LogP contribution in [-0.2, 0) is 15.8 Å². The molecule has 3 aromatic rings. The zero-order valence-electron chi connectivity index (χ0n) is 16.1. The summed E-state index contributed by atoms with van der Waals surface area (Å²) in [5.74, 6) is -1.00. The van der Waals surface area contributed by atoms with Crippen molar-refractivity contribution in [2.24, 2.45) is 5.10 Å². The van der Waals surface area contributed by atoms with Gasteiger partial charge in [0.25, 0.3) is 5.78 Å². The first kappa shape index (κ1) is 20.3. The molecule has 7 nitrogen and oxygen atoms in total. The third kappa shape index (κ3) is 3.91. The van der Waals surface area contributed by atoms with Gasteiger partial charge < -0.3 is 4.74 Å². The number of rotatable bonds is 4. The minimum Gasteiger partial charge on any atom is -0.497 e. The van der Waals surface area contributed by atoms with Gasteiger partial charge in [-0.2, -0.15) is 23.4 Å². The van der Waals surface area contributed by atoms with Crippen LogP contribution in [0.25, 0.3) is 5.69 Å². The van der Waals surface area contributed by atoms with Crippen LogP contribution < -0.4 is 9.75 Å². The Hall–Kier alpha value is -3.95. The van der Waals surface area contributed by atoms with Crippen molar-refractivity contribution in [2.45, 2.75) is 6.18 Å². The highest BCUT2D eigenvalue weighted by molar-refractivity contribution is 6.69. The standard InChI is InChI=1S/C21H15F3N4O3/c1-31-16-7-5-14(6-8-16)28-17(9-10-25-28)19-20(30)18(29)12-27(26-19)15-4-2-3-13(11-15)21(22,23)24/h2-11H,12H2,1H3. The van der Waals surface area contributed by atoms with Gasteiger partial charge in [0, 0.05) is 0 Å². The van der Waals surface area contributed by atoms with E-state index in [1.165, 1.54) is 36.2 Å². The lowest BCUT2D eigenvalue weighted by atomic mass is 10.1. The molecule has 0 unspecified atom stereocenters. The van der Waals surface area contributed by atoms with Crippen molar-refractivity contribution in [3.8, 4) is 11.4 Å². The molecule has 158 valence electrons. The Balaban J connectivity index is 1.76. The summed E-state index contributed by atoms with van der Waals surface area (Å²) in [6.45, 7) is -0.458. The average molecular weight is 428 g/mol. The lowest BCUT2D eigenvalue weighted by Crippen LogP contribution is -2.42. The molecule has 2 aromatic carbocycles. The molecular weight excluding hydrogens is 413 g/mol. The van der Waals surface area contributed by atoms with Crippen LogP contribution in [0, 0.1) is 0 Å². The highest BCUT2D eigenvalue weighted by Gasteiger charge is 2.34. The normalized spacial score (nSPS) is 14.6. The maximum atomic E-state index is 13.1. The molecule has 0 N–H and O–H groups in total. The first-order valence-electron chi connectivity index (χ1n) is 9.07. The van der Waals surface area contributed by atoms with Crippen molar-refractivity contribution in [1.29, 1.82) is 0 Å². The van der Waals surface area contributed by atoms with Gasteiger partial charge in [-0.05, 0) is 48.5 Å². The molecule has 1 aliphatic rings. The van der Waals surface area contributed by atoms with E-state index in [-0.39, 0.29) is 17.1 Å². The van der Waals surface area contributed by atoms with Gasteiger partial charge in [-0.1, -0.05) is 6.07 Å². The number of carbonyl (C=O) groups excluding carboxylic acids is 2. The van der Waals surface area contributed by atoms with Crippen LogP contribution in [0.3, 0.4) is 0 Å². The zero-order valence-corrected chi connectivity index (χ0v) is 16.1. The summed E-state index contributed by atoms with van der Waals surface area (Å²) >= 11 is 0. The Kier molecular flexibility index (Phi) is 5.05. The van der Waals surface area contributed by atoms with Crippen molar-refractivity contribution >= 4 is 23.0 Å². The summed E-state index contributed by atoms with van der Waals surface area (Å²) in [5.41, 5.74) is -0.222. The fourth-order valence-electron chi connectivity index (χ4n) is 3.11. The van der Waals surface area contributed by atoms with Crippen LogP contribution >= 0.6 is 0 Å². The molecule has 1 aromatic heterocycles. The molecular formula is C21H15F3N4O3. The smallest absolute Gasteiger partial charge is 0.416 e. The number of ether oxygens (including phenoxy) is 1. The molecule has 0 atom stereocenters. The monoisotopic (exact) mass is 428 g/mol. The molecule has 4 rings (SSSR count). The Morgan fingerprint density at radius 3 is 2.42 bits per heavy atom. The maximum absolute atomic E-state index is 13.1. The number of ketones is 2. The molecule has 0 saturated carbocycles. The van der Waals surface area contributed by atoms with E-state index in [0.29, 0.717) is 11.4 Å². The minimum atomic E-state index is -4.55. The molecule has 0 fully saturated rings. The number of nitrogens with zero attached hydrogens (tertiary/aromatic N) is 4. The van der Waals surface area contributed by atoms with Gasteiger partial charge in [0.2, 0.25) is 5.78 Å². The Labute approximate surface area is 174 Å². The zero-order chi connectivity index (χ0) is 22.2. The Morgan fingerprint density at radius 2 is 1.74 bits per heavy atom. The van der Waals surface area contributed by atoms with E-state index in [4.69, 9.17) is 4.74 Å². The van der Waals surface area contributed by atoms with Gasteiger partial charge in [0.05, 0.1) is 35.9 Å². The van der Waals surface area contributed by atoms with Crippen molar-refractivity contribution in [3.05, 3.63) is 72.1 Å². The Bertz CT molecular complexity index is 1180. The van der Waals surface area contributed by atoms with Crippen molar-refractivity contribution in [2.75, 3.05) is 18.7 Å². The van der Waals surface area contributed by atoms with Crippen molar-refractivity contribution in [3.63, 3.8) is 0 Å². The third-order valence-corrected chi connectivity index (χ3v) is 4.66. The molecule has 2 heterocycles. The van der Waals surface area contributed by atoms with E-state index < -0.39 is 29.9 Å². The average Bonchev–Trinajstić information content (AvgIpc) is 3.25. The van der Waals surface area contributed by atoms with E-state index in [1.807, 2.05) is 0 Å². The van der Waals surface area contributed by atoms with E-state index in [0.717, 1.165) is 17.1 Å². The summed E-state index contributed by atoms with van der Waals surface area (Å²) in [6, 6.07) is 12.7. The number of Topliss-reactive ketones (excluding diaryl/α,β-unsaturated/α-hetero) is 2. The quantitative estimate of drug-likeness (QED) is 0.597. The lowest BCUT2D eigenvalue weighted by molar-refractivity contribution is -0.137. The first-order chi connectivity index (χ1) is 14.8. The highest BCUT2D eigenvalue weighted by atomic mass is 19.4. The number of aromatic nitrogens is 2. The van der Waals surface area contributed by atoms with Crippen molar-refractivity contribution < 1.29 is 27.5 Å². The number of hydrogen-bond donors (Lipinski definition) is 0. The van der Waals surface area contributed by atoms with Gasteiger partial charge in [0.1, 0.15) is 12.3 Å². The number of alkyl halides is 3. The summed E-state index contributed by atoms with van der Waals surface area (Å²) in [6.07, 6.45) is -3.12. The number of hydrogen-bond acceptors (Lipinski definition) is 6. The molecule has 0 saturated heterocycles. The van der Waals surface area contributed by atoms with E-state index in [9.17, 15) is 22.8 Å². The van der Waals surface area contributed by atoms with Crippen LogP contribution in [0.5, 0.6) is 5.75 Å². The SMILES string of the molecule is COc1ccc(-n2nccc2C2=NN(c3cccc(C(F)(F)F)c3)CC(=O)C2=O)cc1. The molecule has 10 heteroatoms. The summed E-state index contributed by atoms with van der Waals surface area (Å²) in [7, 11) is 1.53. The fourth-order valence-corrected chi connectivity index (χ4v) is 3.11. The number of methoxy groups -OCH3 is 1. The highest BCUT2D eigenvalue weighted by Crippen LogP contribution is 2.32. The summed E-state index contributed by atoms with van der Waals surface area (Å²) in [4.78, 5) is 24.9. The second kappa shape index (κ2) is 7.71. The van der Waals surface area contributed by atoms with Crippen LogP contribution in [0.4, 0.5) is 18.9 Å². The molecule has 0 spiro atoms. The maximum Gasteiger partial charge on any atom is 0.416 e. The molecule has 1 aliphatic heterocycles. The van der Waals surface area contributed by atoms with Crippen LogP contribution in [0.1, 0.15) is 11.3 Å². The predicted octanol–water partition coefficient (Wildman–Crippen LogP) is 3.26. The predicted molar refractivity (Wildman–Crippen MR) is 105 cm³/mol. The number of halogens is 3. The molecule has 0 aliphatic carbocycles. The Morgan fingerprint density at radius 1 is 1.00 bits per heavy atom. The van der Waals surface area contributed by atoms with Crippen molar-refractivity contribution in [1.82, 2.24) is 9.78 Å². The fraction of sp³-hybridized carbons (Fsp3) is 0.143. The van der Waals surface area contributed by atoms with E-state index in [2.05, 4.69) is 10.2 Å². The minimum absolute atomic E-state index is 0.0451. The number of hydrazone groups is 1. The van der Waals surface area contributed by atoms with Gasteiger partial charge in [-0.25, -0.2) is 4.68 Å². The molecule has 0 bridgehead atoms. The number of benzene rings is 2. The van der Waals surface area contributed by atoms with Crippen LogP contribution in [0.15, 0.2) is 65.9 Å². The molecule has 0 amide bonds. The van der Waals surface area contributed by atoms with Gasteiger partial charge in [-0.15, -0.1) is 0 Å². The van der Waals surface area contributed by atoms with E-state index >= 15 is 0 Å². The van der Waals surface area contributed by atoms with Crippen LogP contribution in [-0.4, -0.2) is 40.7 Å². The molecule has 31 heavy (non-hydrogen) atoms. The van der Waals surface area contributed by atoms with Gasteiger partial charge >= 0.3 is 6.18 Å². The molecule has 0 radical (unpaired) electrons. The van der Waals surface area contributed by atoms with Crippen LogP contribution in [0.2, 0.25) is 0 Å². The topological polar surface area (TPSA) is 76.8 Å². The first-order valence-corrected chi connectivity index (χ1v) is 9.07. The van der Waals surface area contributed by atoms with Gasteiger partial charge in [0.15, 0.2) is 5.71 Å². The largest absolute Gasteiger partial charge is 0.497 e. The van der Waals surface area contributed by atoms with E-state index in [1.54, 1.807) is 24.3 Å². The second-order valence-electron chi connectivity index (χ2n) is 6.63. The third-order valence-electron chi connectivity index (χ3n) is 4.66. The second-order valence-corrected chi connectivity index (χ2v) is 6.63. The summed E-state index contributed by atoms with van der Waals surface area (Å²) in [5, 5.41) is 9.46. The number of carbonyl (C=O) groups is 2. The lowest BCUT2D eigenvalue weighted by Gasteiger charge is -2.24. The summed E-state index contributed by atoms with van der Waals surface area (Å²) < 4.78 is 45.8. The van der Waals surface area contributed by atoms with Gasteiger partial charge in [-0.3, -0.25) is 14.6 Å².